The summed E-state index contributed by atoms with van der Waals surface area (Å²) in [5.74, 6) is 0.436. The van der Waals surface area contributed by atoms with Crippen LogP contribution in [0.2, 0.25) is 0 Å². The Kier molecular flexibility index (Phi) is 5.93. The second-order valence-corrected chi connectivity index (χ2v) is 6.88. The van der Waals surface area contributed by atoms with Gasteiger partial charge in [0.2, 0.25) is 0 Å². The molecule has 0 spiro atoms. The summed E-state index contributed by atoms with van der Waals surface area (Å²) in [6, 6.07) is 31.2. The summed E-state index contributed by atoms with van der Waals surface area (Å²) in [4.78, 5) is 9.03. The van der Waals surface area contributed by atoms with Crippen LogP contribution in [0.1, 0.15) is 34.9 Å². The van der Waals surface area contributed by atoms with E-state index in [1.165, 1.54) is 0 Å². The number of aliphatic hydroxyl groups excluding tert-OH is 1. The molecular weight excluding hydrogens is 358 g/mol. The lowest BCUT2D eigenvalue weighted by atomic mass is 9.82. The summed E-state index contributed by atoms with van der Waals surface area (Å²) in [6.07, 6.45) is 2.78. The molecule has 0 aliphatic carbocycles. The Morgan fingerprint density at radius 1 is 0.621 bits per heavy atom. The van der Waals surface area contributed by atoms with Crippen molar-refractivity contribution in [3.63, 3.8) is 0 Å². The van der Waals surface area contributed by atoms with Gasteiger partial charge in [0.15, 0.2) is 0 Å². The minimum atomic E-state index is -0.743. The van der Waals surface area contributed by atoms with Gasteiger partial charge in [-0.1, -0.05) is 72.8 Å². The molecule has 29 heavy (non-hydrogen) atoms. The van der Waals surface area contributed by atoms with Crippen molar-refractivity contribution in [3.05, 3.63) is 126 Å². The van der Waals surface area contributed by atoms with Crippen molar-refractivity contribution in [2.75, 3.05) is 5.32 Å². The van der Waals surface area contributed by atoms with Crippen LogP contribution in [0, 0.1) is 0 Å². The fourth-order valence-electron chi connectivity index (χ4n) is 3.59. The molecule has 0 amide bonds. The molecule has 0 unspecified atom stereocenters. The molecule has 0 saturated heterocycles. The maximum atomic E-state index is 11.4. The number of anilines is 1. The molecule has 2 aromatic heterocycles. The van der Waals surface area contributed by atoms with Crippen molar-refractivity contribution in [3.8, 4) is 0 Å². The second kappa shape index (κ2) is 9.13. The van der Waals surface area contributed by atoms with E-state index >= 15 is 0 Å². The maximum Gasteiger partial charge on any atom is 0.126 e. The van der Waals surface area contributed by atoms with E-state index in [4.69, 9.17) is 0 Å². The number of hydrogen-bond donors (Lipinski definition) is 2. The third-order valence-corrected chi connectivity index (χ3v) is 5.00. The Morgan fingerprint density at radius 3 is 1.79 bits per heavy atom. The monoisotopic (exact) mass is 381 g/mol. The molecule has 4 heteroatoms. The first-order valence-corrected chi connectivity index (χ1v) is 9.69. The van der Waals surface area contributed by atoms with Gasteiger partial charge < -0.3 is 10.4 Å². The lowest BCUT2D eigenvalue weighted by Gasteiger charge is -2.32. The summed E-state index contributed by atoms with van der Waals surface area (Å²) in [7, 11) is 0. The second-order valence-electron chi connectivity index (χ2n) is 6.88. The van der Waals surface area contributed by atoms with E-state index in [0.29, 0.717) is 0 Å². The first kappa shape index (κ1) is 18.8. The van der Waals surface area contributed by atoms with E-state index in [0.717, 1.165) is 22.6 Å². The van der Waals surface area contributed by atoms with Crippen molar-refractivity contribution in [2.24, 2.45) is 0 Å². The fourth-order valence-corrected chi connectivity index (χ4v) is 3.59. The Morgan fingerprint density at radius 2 is 1.21 bits per heavy atom. The van der Waals surface area contributed by atoms with Gasteiger partial charge >= 0.3 is 0 Å². The molecule has 4 nitrogen and oxygen atoms in total. The molecule has 4 aromatic rings. The third kappa shape index (κ3) is 4.50. The van der Waals surface area contributed by atoms with Crippen LogP contribution in [0.5, 0.6) is 0 Å². The van der Waals surface area contributed by atoms with Gasteiger partial charge in [0.25, 0.3) is 0 Å². The van der Waals surface area contributed by atoms with Gasteiger partial charge in [-0.15, -0.1) is 0 Å². The van der Waals surface area contributed by atoms with E-state index in [9.17, 15) is 5.11 Å². The van der Waals surface area contributed by atoms with E-state index in [1.807, 2.05) is 84.9 Å². The molecule has 4 rings (SSSR count). The number of nitrogens with one attached hydrogen (secondary N) is 1. The minimum Gasteiger partial charge on any atom is -0.388 e. The van der Waals surface area contributed by atoms with Crippen LogP contribution in [-0.2, 0) is 0 Å². The molecule has 0 saturated carbocycles. The van der Waals surface area contributed by atoms with Crippen molar-refractivity contribution in [1.82, 2.24) is 9.97 Å². The lowest BCUT2D eigenvalue weighted by molar-refractivity contribution is 0.133. The zero-order valence-corrected chi connectivity index (χ0v) is 16.0. The predicted molar refractivity (Wildman–Crippen MR) is 115 cm³/mol. The molecule has 0 fully saturated rings. The summed E-state index contributed by atoms with van der Waals surface area (Å²) in [5.41, 5.74) is 2.73. The number of benzene rings is 2. The Labute approximate surface area is 170 Å². The molecule has 2 aromatic carbocycles. The Hall–Kier alpha value is -3.50. The molecule has 0 aliphatic rings. The highest BCUT2D eigenvalue weighted by molar-refractivity contribution is 5.41. The zero-order chi connectivity index (χ0) is 19.9. The van der Waals surface area contributed by atoms with Crippen LogP contribution in [0.25, 0.3) is 0 Å². The molecule has 0 bridgehead atoms. The first-order valence-electron chi connectivity index (χ1n) is 9.69. The molecule has 2 N–H and O–H groups in total. The molecule has 3 atom stereocenters. The van der Waals surface area contributed by atoms with Gasteiger partial charge in [-0.05, 0) is 35.4 Å². The summed E-state index contributed by atoms with van der Waals surface area (Å²) >= 11 is 0. The van der Waals surface area contributed by atoms with Gasteiger partial charge in [-0.2, -0.15) is 0 Å². The molecule has 144 valence electrons. The molecule has 2 heterocycles. The fraction of sp³-hybridized carbons (Fsp3) is 0.120. The van der Waals surface area contributed by atoms with Crippen molar-refractivity contribution in [1.29, 1.82) is 0 Å². The summed E-state index contributed by atoms with van der Waals surface area (Å²) in [5, 5.41) is 15.0. The highest BCUT2D eigenvalue weighted by atomic mass is 16.3. The van der Waals surface area contributed by atoms with Gasteiger partial charge in [-0.25, -0.2) is 4.98 Å². The zero-order valence-electron chi connectivity index (χ0n) is 16.0. The summed E-state index contributed by atoms with van der Waals surface area (Å²) < 4.78 is 0. The predicted octanol–water partition coefficient (Wildman–Crippen LogP) is 5.15. The maximum absolute atomic E-state index is 11.4. The normalized spacial score (nSPS) is 14.0. The smallest absolute Gasteiger partial charge is 0.126 e. The van der Waals surface area contributed by atoms with E-state index in [1.54, 1.807) is 12.4 Å². The van der Waals surface area contributed by atoms with Gasteiger partial charge in [-0.3, -0.25) is 4.98 Å². The first-order chi connectivity index (χ1) is 14.3. The molecular formula is C25H23N3O. The number of aromatic nitrogens is 2. The largest absolute Gasteiger partial charge is 0.388 e. The molecule has 0 radical (unpaired) electrons. The van der Waals surface area contributed by atoms with Crippen LogP contribution in [0.15, 0.2) is 109 Å². The number of aliphatic hydroxyl groups is 1. The number of hydrogen-bond acceptors (Lipinski definition) is 4. The topological polar surface area (TPSA) is 58.0 Å². The molecule has 0 aliphatic heterocycles. The van der Waals surface area contributed by atoms with Gasteiger partial charge in [0, 0.05) is 18.1 Å². The SMILES string of the molecule is O[C@H](c1ccccc1)[C@@H](c1ccccn1)[C@H](Nc1ccccn1)c1ccccc1. The standard InChI is InChI=1S/C25H23N3O/c29-25(20-13-5-2-6-14-20)23(21-15-7-9-17-26-21)24(19-11-3-1-4-12-19)28-22-16-8-10-18-27-22/h1-18,23-25,29H,(H,27,28)/t23-,24+,25+/m0/s1. The van der Waals surface area contributed by atoms with Crippen LogP contribution in [0.4, 0.5) is 5.82 Å². The van der Waals surface area contributed by atoms with E-state index in [2.05, 4.69) is 27.4 Å². The number of pyridine rings is 2. The van der Waals surface area contributed by atoms with E-state index in [-0.39, 0.29) is 12.0 Å². The number of rotatable bonds is 7. The highest BCUT2D eigenvalue weighted by Crippen LogP contribution is 2.41. The lowest BCUT2D eigenvalue weighted by Crippen LogP contribution is -2.26. The Balaban J connectivity index is 1.81. The van der Waals surface area contributed by atoms with Crippen molar-refractivity contribution < 1.29 is 5.11 Å². The third-order valence-electron chi connectivity index (χ3n) is 5.00. The average molecular weight is 381 g/mol. The minimum absolute atomic E-state index is 0.226. The van der Waals surface area contributed by atoms with Crippen LogP contribution in [0.3, 0.4) is 0 Å². The van der Waals surface area contributed by atoms with Crippen LogP contribution in [-0.4, -0.2) is 15.1 Å². The Bertz CT molecular complexity index is 995. The number of nitrogens with zero attached hydrogens (tertiary/aromatic N) is 2. The van der Waals surface area contributed by atoms with Crippen molar-refractivity contribution >= 4 is 5.82 Å². The van der Waals surface area contributed by atoms with Crippen LogP contribution >= 0.6 is 0 Å². The van der Waals surface area contributed by atoms with E-state index < -0.39 is 6.10 Å². The highest BCUT2D eigenvalue weighted by Gasteiger charge is 2.33. The van der Waals surface area contributed by atoms with Crippen molar-refractivity contribution in [2.45, 2.75) is 18.1 Å². The average Bonchev–Trinajstić information content (AvgIpc) is 2.81. The van der Waals surface area contributed by atoms with Gasteiger partial charge in [0.1, 0.15) is 5.82 Å². The summed E-state index contributed by atoms with van der Waals surface area (Å²) in [6.45, 7) is 0. The van der Waals surface area contributed by atoms with Crippen LogP contribution < -0.4 is 5.32 Å². The van der Waals surface area contributed by atoms with Gasteiger partial charge in [0.05, 0.1) is 18.1 Å². The quantitative estimate of drug-likeness (QED) is 0.465.